The Labute approximate surface area is 338 Å². The van der Waals surface area contributed by atoms with Gasteiger partial charge in [0.2, 0.25) is 11.5 Å². The highest BCUT2D eigenvalue weighted by Gasteiger charge is 2.56. The first-order valence-electron chi connectivity index (χ1n) is 21.1. The van der Waals surface area contributed by atoms with Gasteiger partial charge in [0.05, 0.1) is 42.9 Å². The molecule has 0 spiro atoms. The van der Waals surface area contributed by atoms with Gasteiger partial charge in [-0.05, 0) is 95.5 Å². The Morgan fingerprint density at radius 2 is 1.68 bits per heavy atom. The van der Waals surface area contributed by atoms with Gasteiger partial charge in [0.1, 0.15) is 18.2 Å². The van der Waals surface area contributed by atoms with Gasteiger partial charge in [0.15, 0.2) is 0 Å². The zero-order chi connectivity index (χ0) is 41.8. The van der Waals surface area contributed by atoms with E-state index in [0.717, 1.165) is 17.6 Å². The molecule has 14 atom stereocenters. The third kappa shape index (κ3) is 9.95. The van der Waals surface area contributed by atoms with Crippen LogP contribution in [-0.2, 0) is 42.9 Å². The molecule has 14 heteroatoms. The minimum atomic E-state index is -2.48. The summed E-state index contributed by atoms with van der Waals surface area (Å²) in [6.07, 6.45) is 5.63. The van der Waals surface area contributed by atoms with E-state index in [1.165, 1.54) is 4.90 Å². The van der Waals surface area contributed by atoms with E-state index in [4.69, 9.17) is 28.5 Å². The summed E-state index contributed by atoms with van der Waals surface area (Å²) >= 11 is 0. The van der Waals surface area contributed by atoms with Crippen LogP contribution in [-0.4, -0.2) is 126 Å². The zero-order valence-corrected chi connectivity index (χ0v) is 35.5. The number of aliphatic hydroxyl groups is 2. The number of Topliss-reactive ketones (excluding diaryl/α,β-unsaturated/α-hetero) is 1. The first-order valence-corrected chi connectivity index (χ1v) is 21.1. The molecule has 4 bridgehead atoms. The van der Waals surface area contributed by atoms with E-state index in [-0.39, 0.29) is 43.2 Å². The van der Waals surface area contributed by atoms with E-state index < -0.39 is 77.9 Å². The second-order valence-electron chi connectivity index (χ2n) is 17.5. The Hall–Kier alpha value is -2.88. The van der Waals surface area contributed by atoms with Crippen LogP contribution in [0.25, 0.3) is 0 Å². The minimum absolute atomic E-state index is 0.0415. The molecular formula is C43H68N2O12. The first-order chi connectivity index (χ1) is 27.1. The van der Waals surface area contributed by atoms with Crippen LogP contribution in [0.15, 0.2) is 23.3 Å². The van der Waals surface area contributed by atoms with Gasteiger partial charge in [-0.15, -0.1) is 0 Å². The van der Waals surface area contributed by atoms with Crippen molar-refractivity contribution in [3.63, 3.8) is 0 Å². The number of amides is 1. The quantitative estimate of drug-likeness (QED) is 0.163. The molecule has 57 heavy (non-hydrogen) atoms. The number of carbonyl (C=O) groups excluding carboxylic acids is 3. The summed E-state index contributed by atoms with van der Waals surface area (Å²) in [5.74, 6) is -6.66. The lowest BCUT2D eigenvalue weighted by Gasteiger charge is -2.47. The standard InChI is InChI=1S/C43H68N2O12/c1-10-30-18-24(2)17-25(3)19-36(53-8)39-37(54-9)21-27(5)43(50,56-39)40(47)41(48)44-16-12-11-13-31(44)42(49)55-38(28(6)34-23-32(30)45(51)57-34)26(4)20-29-14-15-33(46)35(22-29)52-7/h18,20,25,27-31,33-39,46,50H,10-17,19,21-23H2,1-9H3/b24-18+,26-20+/t25-,27+,28-,29-,30+,31-,33+,34-,35+,36+,37-,38+,39+,43+/m0/s1. The SMILES string of the molecule is CC[C@@H]1/C=C(\C)C[C@H](C)C[C@@H](OC)[C@H]2O[C@@](O)(C(=O)C(=O)N3CCCC[C@H]3C(=O)O[C@H](/C(C)=C/[C@@H]3CC[C@@H](O)[C@H](OC)C3)[C@@H](C)[C@@H]3CC1=[N+]([O-])O3)[C@H](C)C[C@@H]2OC. The summed E-state index contributed by atoms with van der Waals surface area (Å²) in [6.45, 7) is 11.7. The summed E-state index contributed by atoms with van der Waals surface area (Å²) in [5.41, 5.74) is 2.44. The molecule has 5 aliphatic rings. The second kappa shape index (κ2) is 19.5. The number of hydrogen-bond acceptors (Lipinski definition) is 12. The van der Waals surface area contributed by atoms with Crippen LogP contribution in [0.3, 0.4) is 0 Å². The van der Waals surface area contributed by atoms with Crippen molar-refractivity contribution in [3.05, 3.63) is 28.5 Å². The number of esters is 1. The van der Waals surface area contributed by atoms with Gasteiger partial charge in [0.25, 0.3) is 11.7 Å². The number of cyclic esters (lactones) is 1. The van der Waals surface area contributed by atoms with Crippen LogP contribution < -0.4 is 0 Å². The molecule has 1 aliphatic carbocycles. The van der Waals surface area contributed by atoms with Crippen molar-refractivity contribution in [2.75, 3.05) is 27.9 Å². The fourth-order valence-electron chi connectivity index (χ4n) is 9.93. The molecule has 0 aromatic carbocycles. The fraction of sp³-hybridized carbons (Fsp3) is 0.814. The third-order valence-electron chi connectivity index (χ3n) is 13.4. The van der Waals surface area contributed by atoms with Crippen molar-refractivity contribution >= 4 is 23.4 Å². The smallest absolute Gasteiger partial charge is 0.329 e. The lowest BCUT2D eigenvalue weighted by Crippen LogP contribution is -2.64. The van der Waals surface area contributed by atoms with Crippen LogP contribution in [0.1, 0.15) is 112 Å². The maximum Gasteiger partial charge on any atom is 0.329 e. The van der Waals surface area contributed by atoms with Gasteiger partial charge < -0.3 is 43.6 Å². The molecule has 4 heterocycles. The number of piperidine rings is 1. The average Bonchev–Trinajstić information content (AvgIpc) is 3.59. The number of ketones is 1. The summed E-state index contributed by atoms with van der Waals surface area (Å²) < 4.78 is 30.0. The summed E-state index contributed by atoms with van der Waals surface area (Å²) in [7, 11) is 4.68. The molecule has 0 radical (unpaired) electrons. The van der Waals surface area contributed by atoms with Crippen molar-refractivity contribution in [2.24, 2.45) is 29.6 Å². The topological polar surface area (TPSA) is 176 Å². The molecule has 14 nitrogen and oxygen atoms in total. The third-order valence-corrected chi connectivity index (χ3v) is 13.4. The van der Waals surface area contributed by atoms with Gasteiger partial charge in [-0.3, -0.25) is 14.8 Å². The highest BCUT2D eigenvalue weighted by atomic mass is 16.9. The molecule has 2 N–H and O–H groups in total. The average molecular weight is 805 g/mol. The van der Waals surface area contributed by atoms with Crippen molar-refractivity contribution in [2.45, 2.75) is 167 Å². The van der Waals surface area contributed by atoms with Crippen LogP contribution in [0.5, 0.6) is 0 Å². The Morgan fingerprint density at radius 3 is 2.35 bits per heavy atom. The van der Waals surface area contributed by atoms with Crippen LogP contribution in [0, 0.1) is 34.8 Å². The molecule has 322 valence electrons. The Balaban J connectivity index is 1.55. The van der Waals surface area contributed by atoms with E-state index in [2.05, 4.69) is 19.1 Å². The number of ether oxygens (including phenoxy) is 5. The molecule has 1 saturated carbocycles. The van der Waals surface area contributed by atoms with Gasteiger partial charge in [-0.2, -0.15) is 0 Å². The number of hydrogen-bond donors (Lipinski definition) is 2. The predicted molar refractivity (Wildman–Crippen MR) is 211 cm³/mol. The van der Waals surface area contributed by atoms with Gasteiger partial charge in [-0.1, -0.05) is 45.4 Å². The number of rotatable bonds is 6. The van der Waals surface area contributed by atoms with E-state index in [1.54, 1.807) is 28.3 Å². The van der Waals surface area contributed by atoms with E-state index >= 15 is 0 Å². The van der Waals surface area contributed by atoms with Crippen LogP contribution in [0.4, 0.5) is 0 Å². The highest BCUT2D eigenvalue weighted by molar-refractivity contribution is 6.39. The number of aliphatic hydroxyl groups excluding tert-OH is 1. The van der Waals surface area contributed by atoms with Gasteiger partial charge in [-0.25, -0.2) is 4.79 Å². The Bertz CT molecular complexity index is 1530. The molecular weight excluding hydrogens is 736 g/mol. The monoisotopic (exact) mass is 804 g/mol. The van der Waals surface area contributed by atoms with E-state index in [0.29, 0.717) is 62.0 Å². The first kappa shape index (κ1) is 45.2. The normalized spacial score (nSPS) is 41.7. The molecule has 2 saturated heterocycles. The molecule has 0 aromatic heterocycles. The fourth-order valence-corrected chi connectivity index (χ4v) is 9.93. The minimum Gasteiger partial charge on any atom is -0.456 e. The van der Waals surface area contributed by atoms with Crippen molar-refractivity contribution in [1.82, 2.24) is 4.90 Å². The number of nitrogens with zero attached hydrogens (tertiary/aromatic N) is 2. The lowest BCUT2D eigenvalue weighted by molar-refractivity contribution is -0.743. The molecule has 4 aliphatic heterocycles. The number of carbonyl (C=O) groups is 3. The zero-order valence-electron chi connectivity index (χ0n) is 35.5. The van der Waals surface area contributed by atoms with E-state index in [1.807, 2.05) is 27.7 Å². The molecule has 5 rings (SSSR count). The lowest BCUT2D eigenvalue weighted by atomic mass is 9.81. The van der Waals surface area contributed by atoms with Crippen LogP contribution >= 0.6 is 0 Å². The Kier molecular flexibility index (Phi) is 15.4. The van der Waals surface area contributed by atoms with Crippen molar-refractivity contribution in [3.8, 4) is 0 Å². The number of fused-ring (bicyclic) bond motifs is 5. The van der Waals surface area contributed by atoms with E-state index in [9.17, 15) is 29.8 Å². The van der Waals surface area contributed by atoms with Crippen molar-refractivity contribution < 1.29 is 58.0 Å². The summed E-state index contributed by atoms with van der Waals surface area (Å²) in [4.78, 5) is 50.8. The van der Waals surface area contributed by atoms with Crippen molar-refractivity contribution in [1.29, 1.82) is 0 Å². The molecule has 0 unspecified atom stereocenters. The number of allylic oxidation sites excluding steroid dienone is 3. The maximum atomic E-state index is 14.4. The summed E-state index contributed by atoms with van der Waals surface area (Å²) in [5, 5.41) is 36.0. The highest BCUT2D eigenvalue weighted by Crippen LogP contribution is 2.40. The van der Waals surface area contributed by atoms with Gasteiger partial charge in [0, 0.05) is 44.6 Å². The van der Waals surface area contributed by atoms with Gasteiger partial charge >= 0.3 is 5.97 Å². The summed E-state index contributed by atoms with van der Waals surface area (Å²) in [6, 6.07) is -1.09. The maximum absolute atomic E-state index is 14.4. The predicted octanol–water partition coefficient (Wildman–Crippen LogP) is 4.81. The van der Waals surface area contributed by atoms with Crippen LogP contribution in [0.2, 0.25) is 0 Å². The number of methoxy groups -OCH3 is 3. The Morgan fingerprint density at radius 1 is 1.00 bits per heavy atom. The largest absolute Gasteiger partial charge is 0.456 e. The molecule has 1 amide bonds. The molecule has 0 aromatic rings. The molecule has 3 fully saturated rings. The second-order valence-corrected chi connectivity index (χ2v) is 17.5.